The van der Waals surface area contributed by atoms with E-state index in [1.54, 1.807) is 0 Å². The second-order valence-corrected chi connectivity index (χ2v) is 7.06. The third-order valence-electron chi connectivity index (χ3n) is 5.17. The standard InChI is InChI=1S/C19H30N4O/c24-19(22-17-8-2-1-3-9-17)21-14-18-10-4-5-12-23(18)15-16-7-6-11-20-13-16/h1-3,8-9,16,18,20H,4-7,10-15H2,(H2,21,22,24). The summed E-state index contributed by atoms with van der Waals surface area (Å²) >= 11 is 0. The molecule has 2 fully saturated rings. The number of hydrogen-bond acceptors (Lipinski definition) is 3. The molecule has 2 heterocycles. The summed E-state index contributed by atoms with van der Waals surface area (Å²) in [4.78, 5) is 14.7. The molecule has 24 heavy (non-hydrogen) atoms. The van der Waals surface area contributed by atoms with Gasteiger partial charge in [0.15, 0.2) is 0 Å². The van der Waals surface area contributed by atoms with Crippen LogP contribution < -0.4 is 16.0 Å². The molecule has 2 saturated heterocycles. The predicted molar refractivity (Wildman–Crippen MR) is 98.3 cm³/mol. The van der Waals surface area contributed by atoms with Crippen LogP contribution in [-0.2, 0) is 0 Å². The number of anilines is 1. The molecule has 0 radical (unpaired) electrons. The van der Waals surface area contributed by atoms with Gasteiger partial charge in [-0.25, -0.2) is 4.79 Å². The molecule has 0 aromatic heterocycles. The fourth-order valence-electron chi connectivity index (χ4n) is 3.85. The van der Waals surface area contributed by atoms with Gasteiger partial charge in [-0.15, -0.1) is 0 Å². The smallest absolute Gasteiger partial charge is 0.319 e. The Balaban J connectivity index is 1.45. The fourth-order valence-corrected chi connectivity index (χ4v) is 3.85. The molecule has 3 rings (SSSR count). The Bertz CT molecular complexity index is 501. The number of rotatable bonds is 5. The Morgan fingerprint density at radius 2 is 2.04 bits per heavy atom. The van der Waals surface area contributed by atoms with E-state index in [9.17, 15) is 4.79 Å². The van der Waals surface area contributed by atoms with Crippen molar-refractivity contribution in [2.45, 2.75) is 38.1 Å². The minimum absolute atomic E-state index is 0.106. The average Bonchev–Trinajstić information content (AvgIpc) is 2.63. The lowest BCUT2D eigenvalue weighted by Crippen LogP contribution is -2.50. The molecule has 2 aliphatic heterocycles. The molecular formula is C19H30N4O. The van der Waals surface area contributed by atoms with Gasteiger partial charge in [-0.1, -0.05) is 24.6 Å². The lowest BCUT2D eigenvalue weighted by molar-refractivity contribution is 0.116. The van der Waals surface area contributed by atoms with Crippen molar-refractivity contribution in [2.75, 3.05) is 38.0 Å². The van der Waals surface area contributed by atoms with Gasteiger partial charge in [0.2, 0.25) is 0 Å². The van der Waals surface area contributed by atoms with E-state index in [1.165, 1.54) is 51.7 Å². The van der Waals surface area contributed by atoms with Gasteiger partial charge >= 0.3 is 6.03 Å². The molecule has 1 aromatic rings. The van der Waals surface area contributed by atoms with Gasteiger partial charge in [0.25, 0.3) is 0 Å². The minimum atomic E-state index is -0.106. The highest BCUT2D eigenvalue weighted by molar-refractivity contribution is 5.89. The van der Waals surface area contributed by atoms with Crippen LogP contribution in [-0.4, -0.2) is 49.7 Å². The zero-order chi connectivity index (χ0) is 16.6. The number of piperidine rings is 2. The normalized spacial score (nSPS) is 25.2. The zero-order valence-corrected chi connectivity index (χ0v) is 14.5. The topological polar surface area (TPSA) is 56.4 Å². The lowest BCUT2D eigenvalue weighted by atomic mass is 9.95. The van der Waals surface area contributed by atoms with Gasteiger partial charge in [0.05, 0.1) is 0 Å². The number of carbonyl (C=O) groups is 1. The molecule has 2 amide bonds. The number of benzene rings is 1. The minimum Gasteiger partial charge on any atom is -0.336 e. The summed E-state index contributed by atoms with van der Waals surface area (Å²) in [7, 11) is 0. The van der Waals surface area contributed by atoms with E-state index in [2.05, 4.69) is 20.9 Å². The maximum Gasteiger partial charge on any atom is 0.319 e. The number of para-hydroxylation sites is 1. The Morgan fingerprint density at radius 1 is 1.17 bits per heavy atom. The number of amides is 2. The SMILES string of the molecule is O=C(NCC1CCCCN1CC1CCCNC1)Nc1ccccc1. The largest absolute Gasteiger partial charge is 0.336 e. The summed E-state index contributed by atoms with van der Waals surface area (Å²) in [6, 6.07) is 9.98. The summed E-state index contributed by atoms with van der Waals surface area (Å²) in [6.45, 7) is 5.38. The van der Waals surface area contributed by atoms with Crippen LogP contribution in [0.15, 0.2) is 30.3 Å². The molecule has 5 heteroatoms. The van der Waals surface area contributed by atoms with Gasteiger partial charge in [-0.3, -0.25) is 4.90 Å². The first kappa shape index (κ1) is 17.2. The number of urea groups is 1. The highest BCUT2D eigenvalue weighted by Gasteiger charge is 2.26. The lowest BCUT2D eigenvalue weighted by Gasteiger charge is -2.39. The first-order valence-corrected chi connectivity index (χ1v) is 9.36. The second-order valence-electron chi connectivity index (χ2n) is 7.06. The van der Waals surface area contributed by atoms with Crippen LogP contribution in [0.25, 0.3) is 0 Å². The third-order valence-corrected chi connectivity index (χ3v) is 5.17. The van der Waals surface area contributed by atoms with Crippen molar-refractivity contribution >= 4 is 11.7 Å². The highest BCUT2D eigenvalue weighted by Crippen LogP contribution is 2.20. The summed E-state index contributed by atoms with van der Waals surface area (Å²) in [5, 5.41) is 9.47. The number of nitrogens with one attached hydrogen (secondary N) is 3. The van der Waals surface area contributed by atoms with Gasteiger partial charge in [-0.05, 0) is 63.4 Å². The van der Waals surface area contributed by atoms with E-state index in [0.29, 0.717) is 6.04 Å². The van der Waals surface area contributed by atoms with Gasteiger partial charge in [0.1, 0.15) is 0 Å². The molecule has 2 atom stereocenters. The van der Waals surface area contributed by atoms with Crippen LogP contribution >= 0.6 is 0 Å². The average molecular weight is 330 g/mol. The zero-order valence-electron chi connectivity index (χ0n) is 14.5. The molecule has 0 aliphatic carbocycles. The predicted octanol–water partition coefficient (Wildman–Crippen LogP) is 2.66. The van der Waals surface area contributed by atoms with E-state index in [0.717, 1.165) is 24.7 Å². The van der Waals surface area contributed by atoms with Gasteiger partial charge < -0.3 is 16.0 Å². The van der Waals surface area contributed by atoms with Crippen LogP contribution in [0.4, 0.5) is 10.5 Å². The van der Waals surface area contributed by atoms with Crippen LogP contribution in [0.3, 0.4) is 0 Å². The third kappa shape index (κ3) is 5.21. The first-order chi connectivity index (χ1) is 11.8. The molecule has 0 saturated carbocycles. The summed E-state index contributed by atoms with van der Waals surface area (Å²) in [5.74, 6) is 0.762. The van der Waals surface area contributed by atoms with Crippen molar-refractivity contribution in [1.29, 1.82) is 0 Å². The molecule has 132 valence electrons. The molecule has 2 aliphatic rings. The molecule has 3 N–H and O–H groups in total. The summed E-state index contributed by atoms with van der Waals surface area (Å²) < 4.78 is 0. The summed E-state index contributed by atoms with van der Waals surface area (Å²) in [5.41, 5.74) is 0.837. The molecule has 1 aromatic carbocycles. The molecule has 2 unspecified atom stereocenters. The highest BCUT2D eigenvalue weighted by atomic mass is 16.2. The molecular weight excluding hydrogens is 300 g/mol. The Hall–Kier alpha value is -1.59. The number of hydrogen-bond donors (Lipinski definition) is 3. The van der Waals surface area contributed by atoms with Crippen molar-refractivity contribution < 1.29 is 4.79 Å². The van der Waals surface area contributed by atoms with Crippen molar-refractivity contribution in [3.63, 3.8) is 0 Å². The Kier molecular flexibility index (Phi) is 6.49. The van der Waals surface area contributed by atoms with Crippen molar-refractivity contribution in [2.24, 2.45) is 5.92 Å². The Morgan fingerprint density at radius 3 is 2.83 bits per heavy atom. The van der Waals surface area contributed by atoms with Crippen LogP contribution in [0.5, 0.6) is 0 Å². The van der Waals surface area contributed by atoms with Gasteiger partial charge in [-0.2, -0.15) is 0 Å². The summed E-state index contributed by atoms with van der Waals surface area (Å²) in [6.07, 6.45) is 6.36. The van der Waals surface area contributed by atoms with E-state index in [4.69, 9.17) is 0 Å². The van der Waals surface area contributed by atoms with Crippen LogP contribution in [0.1, 0.15) is 32.1 Å². The molecule has 0 spiro atoms. The maximum atomic E-state index is 12.1. The monoisotopic (exact) mass is 330 g/mol. The van der Waals surface area contributed by atoms with E-state index >= 15 is 0 Å². The van der Waals surface area contributed by atoms with Gasteiger partial charge in [0, 0.05) is 24.8 Å². The molecule has 0 bridgehead atoms. The molecule has 5 nitrogen and oxygen atoms in total. The van der Waals surface area contributed by atoms with E-state index < -0.39 is 0 Å². The van der Waals surface area contributed by atoms with Crippen LogP contribution in [0, 0.1) is 5.92 Å². The van der Waals surface area contributed by atoms with Crippen molar-refractivity contribution in [3.8, 4) is 0 Å². The maximum absolute atomic E-state index is 12.1. The van der Waals surface area contributed by atoms with E-state index in [1.807, 2.05) is 30.3 Å². The first-order valence-electron chi connectivity index (χ1n) is 9.36. The quantitative estimate of drug-likeness (QED) is 0.778. The number of carbonyl (C=O) groups excluding carboxylic acids is 1. The van der Waals surface area contributed by atoms with Crippen molar-refractivity contribution in [1.82, 2.24) is 15.5 Å². The second kappa shape index (κ2) is 9.04. The van der Waals surface area contributed by atoms with Crippen LogP contribution in [0.2, 0.25) is 0 Å². The fraction of sp³-hybridized carbons (Fsp3) is 0.632. The number of likely N-dealkylation sites (tertiary alicyclic amines) is 1. The van der Waals surface area contributed by atoms with E-state index in [-0.39, 0.29) is 6.03 Å². The Labute approximate surface area is 145 Å². The van der Waals surface area contributed by atoms with Crippen molar-refractivity contribution in [3.05, 3.63) is 30.3 Å². The number of nitrogens with zero attached hydrogens (tertiary/aromatic N) is 1.